The molecule has 0 aromatic rings. The smallest absolute Gasteiger partial charge is 0.0805 e. The van der Waals surface area contributed by atoms with Crippen LogP contribution in [0.2, 0.25) is 0 Å². The zero-order valence-electron chi connectivity index (χ0n) is 11.7. The van der Waals surface area contributed by atoms with Crippen LogP contribution in [0, 0.1) is 11.8 Å². The van der Waals surface area contributed by atoms with Gasteiger partial charge in [-0.15, -0.1) is 0 Å². The maximum absolute atomic E-state index is 6.00. The van der Waals surface area contributed by atoms with Gasteiger partial charge < -0.3 is 15.2 Å². The first-order valence-electron chi connectivity index (χ1n) is 7.05. The molecule has 0 spiro atoms. The van der Waals surface area contributed by atoms with E-state index in [-0.39, 0.29) is 5.60 Å². The Hall–Kier alpha value is -0.120. The predicted octanol–water partition coefficient (Wildman–Crippen LogP) is 2.58. The van der Waals surface area contributed by atoms with Gasteiger partial charge in [-0.2, -0.15) is 0 Å². The number of nitrogens with two attached hydrogens (primary N) is 1. The summed E-state index contributed by atoms with van der Waals surface area (Å²) in [6.07, 6.45) is 4.73. The van der Waals surface area contributed by atoms with Crippen LogP contribution in [-0.4, -0.2) is 32.0 Å². The average Bonchev–Trinajstić information content (AvgIpc) is 2.35. The van der Waals surface area contributed by atoms with Gasteiger partial charge in [0, 0.05) is 13.2 Å². The van der Waals surface area contributed by atoms with Gasteiger partial charge in [-0.05, 0) is 44.4 Å². The van der Waals surface area contributed by atoms with Crippen molar-refractivity contribution in [1.82, 2.24) is 0 Å². The van der Waals surface area contributed by atoms with E-state index in [0.717, 1.165) is 31.3 Å². The standard InChI is InChI=1S/C14H29NO2/c1-4-16-9-10-17-14(11-15)7-5-13(6-8-14)12(2)3/h12-13H,4-11,15H2,1-3H3. The monoisotopic (exact) mass is 243 g/mol. The summed E-state index contributed by atoms with van der Waals surface area (Å²) in [5.41, 5.74) is 5.84. The lowest BCUT2D eigenvalue weighted by atomic mass is 9.74. The normalized spacial score (nSPS) is 29.8. The van der Waals surface area contributed by atoms with E-state index in [9.17, 15) is 0 Å². The van der Waals surface area contributed by atoms with Crippen molar-refractivity contribution in [3.8, 4) is 0 Å². The molecule has 0 atom stereocenters. The van der Waals surface area contributed by atoms with Gasteiger partial charge in [0.05, 0.1) is 18.8 Å². The molecule has 0 aromatic carbocycles. The topological polar surface area (TPSA) is 44.5 Å². The van der Waals surface area contributed by atoms with Crippen molar-refractivity contribution in [2.75, 3.05) is 26.4 Å². The molecule has 0 aliphatic heterocycles. The molecule has 0 unspecified atom stereocenters. The molecule has 0 heterocycles. The van der Waals surface area contributed by atoms with E-state index in [1.807, 2.05) is 6.92 Å². The molecule has 0 radical (unpaired) electrons. The first kappa shape index (κ1) is 14.9. The van der Waals surface area contributed by atoms with Crippen molar-refractivity contribution in [1.29, 1.82) is 0 Å². The summed E-state index contributed by atoms with van der Waals surface area (Å²) in [6, 6.07) is 0. The molecule has 102 valence electrons. The van der Waals surface area contributed by atoms with E-state index in [0.29, 0.717) is 19.8 Å². The highest BCUT2D eigenvalue weighted by atomic mass is 16.5. The number of rotatable bonds is 7. The van der Waals surface area contributed by atoms with Crippen molar-refractivity contribution in [3.63, 3.8) is 0 Å². The fraction of sp³-hybridized carbons (Fsp3) is 1.00. The van der Waals surface area contributed by atoms with Crippen LogP contribution in [0.4, 0.5) is 0 Å². The lowest BCUT2D eigenvalue weighted by Crippen LogP contribution is -2.45. The van der Waals surface area contributed by atoms with Gasteiger partial charge in [0.2, 0.25) is 0 Å². The Labute approximate surface area is 106 Å². The largest absolute Gasteiger partial charge is 0.379 e. The van der Waals surface area contributed by atoms with Gasteiger partial charge >= 0.3 is 0 Å². The molecule has 1 rings (SSSR count). The van der Waals surface area contributed by atoms with Crippen molar-refractivity contribution >= 4 is 0 Å². The van der Waals surface area contributed by atoms with Crippen LogP contribution in [0.5, 0.6) is 0 Å². The predicted molar refractivity (Wildman–Crippen MR) is 71.0 cm³/mol. The van der Waals surface area contributed by atoms with Crippen LogP contribution in [0.3, 0.4) is 0 Å². The quantitative estimate of drug-likeness (QED) is 0.699. The van der Waals surface area contributed by atoms with Crippen LogP contribution < -0.4 is 5.73 Å². The summed E-state index contributed by atoms with van der Waals surface area (Å²) in [4.78, 5) is 0. The molecule has 2 N–H and O–H groups in total. The van der Waals surface area contributed by atoms with E-state index in [2.05, 4.69) is 13.8 Å². The van der Waals surface area contributed by atoms with Gasteiger partial charge in [-0.3, -0.25) is 0 Å². The molecular weight excluding hydrogens is 214 g/mol. The molecule has 3 nitrogen and oxygen atoms in total. The third-order valence-corrected chi connectivity index (χ3v) is 4.10. The highest BCUT2D eigenvalue weighted by Crippen LogP contribution is 2.37. The van der Waals surface area contributed by atoms with E-state index in [1.165, 1.54) is 12.8 Å². The SMILES string of the molecule is CCOCCOC1(CN)CCC(C(C)C)CC1. The molecule has 1 aliphatic carbocycles. The Balaban J connectivity index is 2.33. The van der Waals surface area contributed by atoms with Crippen molar-refractivity contribution in [2.45, 2.75) is 52.1 Å². The number of ether oxygens (including phenoxy) is 2. The highest BCUT2D eigenvalue weighted by Gasteiger charge is 2.35. The van der Waals surface area contributed by atoms with E-state index >= 15 is 0 Å². The Bertz CT molecular complexity index is 198. The molecule has 3 heteroatoms. The summed E-state index contributed by atoms with van der Waals surface area (Å²) in [5.74, 6) is 1.64. The minimum absolute atomic E-state index is 0.0670. The molecule has 1 aliphatic rings. The maximum Gasteiger partial charge on any atom is 0.0805 e. The van der Waals surface area contributed by atoms with Crippen molar-refractivity contribution in [2.24, 2.45) is 17.6 Å². The second kappa shape index (κ2) is 7.34. The zero-order chi connectivity index (χ0) is 12.7. The molecule has 0 aromatic heterocycles. The van der Waals surface area contributed by atoms with Crippen LogP contribution in [-0.2, 0) is 9.47 Å². The van der Waals surface area contributed by atoms with E-state index in [4.69, 9.17) is 15.2 Å². The molecule has 1 fully saturated rings. The van der Waals surface area contributed by atoms with Crippen LogP contribution in [0.1, 0.15) is 46.5 Å². The van der Waals surface area contributed by atoms with Crippen LogP contribution >= 0.6 is 0 Å². The number of hydrogen-bond donors (Lipinski definition) is 1. The Morgan fingerprint density at radius 3 is 2.35 bits per heavy atom. The summed E-state index contributed by atoms with van der Waals surface area (Å²) < 4.78 is 11.3. The van der Waals surface area contributed by atoms with Crippen LogP contribution in [0.15, 0.2) is 0 Å². The third kappa shape index (κ3) is 4.57. The molecule has 17 heavy (non-hydrogen) atoms. The maximum atomic E-state index is 6.00. The molecule has 0 bridgehead atoms. The molecule has 0 amide bonds. The van der Waals surface area contributed by atoms with E-state index in [1.54, 1.807) is 0 Å². The minimum Gasteiger partial charge on any atom is -0.379 e. The fourth-order valence-electron chi connectivity index (χ4n) is 2.70. The second-order valence-electron chi connectivity index (χ2n) is 5.51. The first-order valence-corrected chi connectivity index (χ1v) is 7.05. The summed E-state index contributed by atoms with van der Waals surface area (Å²) in [7, 11) is 0. The van der Waals surface area contributed by atoms with Gasteiger partial charge in [0.25, 0.3) is 0 Å². The lowest BCUT2D eigenvalue weighted by Gasteiger charge is -2.40. The third-order valence-electron chi connectivity index (χ3n) is 4.10. The Morgan fingerprint density at radius 2 is 1.88 bits per heavy atom. The summed E-state index contributed by atoms with van der Waals surface area (Å²) in [5, 5.41) is 0. The molecule has 0 saturated heterocycles. The Morgan fingerprint density at radius 1 is 1.24 bits per heavy atom. The summed E-state index contributed by atoms with van der Waals surface area (Å²) in [6.45, 7) is 9.40. The first-order chi connectivity index (χ1) is 8.13. The summed E-state index contributed by atoms with van der Waals surface area (Å²) >= 11 is 0. The lowest BCUT2D eigenvalue weighted by molar-refractivity contribution is -0.0900. The second-order valence-corrected chi connectivity index (χ2v) is 5.51. The number of hydrogen-bond acceptors (Lipinski definition) is 3. The van der Waals surface area contributed by atoms with Gasteiger partial charge in [-0.1, -0.05) is 13.8 Å². The van der Waals surface area contributed by atoms with Gasteiger partial charge in [-0.25, -0.2) is 0 Å². The van der Waals surface area contributed by atoms with Crippen LogP contribution in [0.25, 0.3) is 0 Å². The van der Waals surface area contributed by atoms with Gasteiger partial charge in [0.15, 0.2) is 0 Å². The van der Waals surface area contributed by atoms with Crippen molar-refractivity contribution < 1.29 is 9.47 Å². The fourth-order valence-corrected chi connectivity index (χ4v) is 2.70. The zero-order valence-corrected chi connectivity index (χ0v) is 11.7. The minimum atomic E-state index is -0.0670. The molecular formula is C14H29NO2. The van der Waals surface area contributed by atoms with Crippen molar-refractivity contribution in [3.05, 3.63) is 0 Å². The molecule has 1 saturated carbocycles. The highest BCUT2D eigenvalue weighted by molar-refractivity contribution is 4.89. The average molecular weight is 243 g/mol. The van der Waals surface area contributed by atoms with Gasteiger partial charge in [0.1, 0.15) is 0 Å². The Kier molecular flexibility index (Phi) is 6.45. The van der Waals surface area contributed by atoms with E-state index < -0.39 is 0 Å².